The maximum absolute atomic E-state index is 13.0. The monoisotopic (exact) mass is 253 g/mol. The van der Waals surface area contributed by atoms with Crippen molar-refractivity contribution in [2.24, 2.45) is 5.73 Å². The van der Waals surface area contributed by atoms with Crippen molar-refractivity contribution in [1.82, 2.24) is 0 Å². The summed E-state index contributed by atoms with van der Waals surface area (Å²) in [5.74, 6) is -0.255. The second-order valence-electron chi connectivity index (χ2n) is 2.45. The number of rotatable bonds is 1. The van der Waals surface area contributed by atoms with Crippen LogP contribution in [0.15, 0.2) is 22.7 Å². The molecule has 0 aromatic heterocycles. The number of benzene rings is 1. The maximum atomic E-state index is 13.0. The first-order valence-electron chi connectivity index (χ1n) is 3.32. The third-order valence-corrected chi connectivity index (χ3v) is 1.95. The van der Waals surface area contributed by atoms with E-state index < -0.39 is 0 Å². The van der Waals surface area contributed by atoms with Gasteiger partial charge in [0.2, 0.25) is 0 Å². The van der Waals surface area contributed by atoms with Crippen LogP contribution in [0.5, 0.6) is 0 Å². The van der Waals surface area contributed by atoms with E-state index in [1.165, 1.54) is 6.07 Å². The highest BCUT2D eigenvalue weighted by Crippen LogP contribution is 2.18. The van der Waals surface area contributed by atoms with E-state index in [1.54, 1.807) is 19.1 Å². The summed E-state index contributed by atoms with van der Waals surface area (Å²) in [5.41, 5.74) is 6.06. The Bertz CT molecular complexity index is 265. The molecule has 1 nitrogen and oxygen atoms in total. The van der Waals surface area contributed by atoms with Gasteiger partial charge in [0.15, 0.2) is 0 Å². The van der Waals surface area contributed by atoms with Gasteiger partial charge in [-0.1, -0.05) is 22.0 Å². The first-order valence-corrected chi connectivity index (χ1v) is 4.11. The Morgan fingerprint density at radius 3 is 2.50 bits per heavy atom. The third kappa shape index (κ3) is 2.73. The van der Waals surface area contributed by atoms with Crippen LogP contribution in [-0.2, 0) is 0 Å². The Hall–Kier alpha value is -0.120. The van der Waals surface area contributed by atoms with Crippen LogP contribution in [0, 0.1) is 5.82 Å². The Kier molecular flexibility index (Phi) is 4.75. The lowest BCUT2D eigenvalue weighted by molar-refractivity contribution is 0.593. The summed E-state index contributed by atoms with van der Waals surface area (Å²) in [6, 6.07) is 4.63. The van der Waals surface area contributed by atoms with Gasteiger partial charge in [-0.25, -0.2) is 4.39 Å². The van der Waals surface area contributed by atoms with Gasteiger partial charge in [-0.05, 0) is 19.1 Å². The molecule has 68 valence electrons. The summed E-state index contributed by atoms with van der Waals surface area (Å²) in [6.07, 6.45) is 0. The first kappa shape index (κ1) is 11.9. The van der Waals surface area contributed by atoms with E-state index in [9.17, 15) is 4.39 Å². The zero-order valence-electron chi connectivity index (χ0n) is 6.55. The molecule has 12 heavy (non-hydrogen) atoms. The van der Waals surface area contributed by atoms with Crippen molar-refractivity contribution in [1.29, 1.82) is 0 Å². The average molecular weight is 255 g/mol. The largest absolute Gasteiger partial charge is 0.324 e. The van der Waals surface area contributed by atoms with Crippen LogP contribution in [0.2, 0.25) is 0 Å². The molecule has 4 heteroatoms. The lowest BCUT2D eigenvalue weighted by atomic mass is 10.1. The van der Waals surface area contributed by atoms with Gasteiger partial charge in [0.25, 0.3) is 0 Å². The fourth-order valence-corrected chi connectivity index (χ4v) is 1.20. The van der Waals surface area contributed by atoms with Gasteiger partial charge in [-0.15, -0.1) is 12.4 Å². The molecule has 0 amide bonds. The van der Waals surface area contributed by atoms with Crippen molar-refractivity contribution in [2.75, 3.05) is 0 Å². The van der Waals surface area contributed by atoms with Crippen LogP contribution < -0.4 is 5.73 Å². The molecule has 0 saturated heterocycles. The van der Waals surface area contributed by atoms with Crippen molar-refractivity contribution in [3.05, 3.63) is 34.1 Å². The van der Waals surface area contributed by atoms with Gasteiger partial charge in [0.1, 0.15) is 5.82 Å². The summed E-state index contributed by atoms with van der Waals surface area (Å²) in [5, 5.41) is 0. The fraction of sp³-hybridized carbons (Fsp3) is 0.250. The molecule has 0 aliphatic rings. The summed E-state index contributed by atoms with van der Waals surface area (Å²) in [7, 11) is 0. The topological polar surface area (TPSA) is 26.0 Å². The van der Waals surface area contributed by atoms with E-state index in [1.807, 2.05) is 0 Å². The molecule has 1 aromatic rings. The number of halogens is 3. The maximum Gasteiger partial charge on any atom is 0.129 e. The minimum absolute atomic E-state index is 0. The average Bonchev–Trinajstić information content (AvgIpc) is 1.85. The second kappa shape index (κ2) is 4.80. The minimum Gasteiger partial charge on any atom is -0.324 e. The number of nitrogens with two attached hydrogens (primary N) is 1. The standard InChI is InChI=1S/C8H9BrFN.ClH/c1-5(11)7-3-2-6(9)4-8(7)10;/h2-5H,11H2,1H3;1H/t5-;/m0./s1. The van der Waals surface area contributed by atoms with E-state index in [2.05, 4.69) is 15.9 Å². The molecular weight excluding hydrogens is 244 g/mol. The molecule has 0 aliphatic carbocycles. The molecular formula is C8H10BrClFN. The smallest absolute Gasteiger partial charge is 0.129 e. The van der Waals surface area contributed by atoms with E-state index in [-0.39, 0.29) is 24.3 Å². The van der Waals surface area contributed by atoms with Crippen LogP contribution in [-0.4, -0.2) is 0 Å². The SMILES string of the molecule is C[C@H](N)c1ccc(Br)cc1F.Cl. The third-order valence-electron chi connectivity index (χ3n) is 1.45. The van der Waals surface area contributed by atoms with Crippen LogP contribution >= 0.6 is 28.3 Å². The highest BCUT2D eigenvalue weighted by Gasteiger charge is 2.05. The van der Waals surface area contributed by atoms with Crippen molar-refractivity contribution in [3.8, 4) is 0 Å². The van der Waals surface area contributed by atoms with Crippen molar-refractivity contribution in [2.45, 2.75) is 13.0 Å². The molecule has 2 N–H and O–H groups in total. The highest BCUT2D eigenvalue weighted by atomic mass is 79.9. The number of hydrogen-bond acceptors (Lipinski definition) is 1. The normalized spacial score (nSPS) is 12.0. The van der Waals surface area contributed by atoms with Crippen molar-refractivity contribution >= 4 is 28.3 Å². The number of hydrogen-bond donors (Lipinski definition) is 1. The van der Waals surface area contributed by atoms with Crippen LogP contribution in [0.25, 0.3) is 0 Å². The molecule has 0 fully saturated rings. The molecule has 0 bridgehead atoms. The minimum atomic E-state index is -0.255. The Balaban J connectivity index is 0.00000121. The van der Waals surface area contributed by atoms with Gasteiger partial charge in [-0.2, -0.15) is 0 Å². The lowest BCUT2D eigenvalue weighted by Gasteiger charge is -2.06. The van der Waals surface area contributed by atoms with Gasteiger partial charge in [-0.3, -0.25) is 0 Å². The molecule has 0 aliphatic heterocycles. The Morgan fingerprint density at radius 1 is 1.50 bits per heavy atom. The quantitative estimate of drug-likeness (QED) is 0.819. The fourth-order valence-electron chi connectivity index (χ4n) is 0.871. The Labute approximate surface area is 85.7 Å². The second-order valence-corrected chi connectivity index (χ2v) is 3.37. The summed E-state index contributed by atoms with van der Waals surface area (Å²) in [4.78, 5) is 0. The van der Waals surface area contributed by atoms with Crippen LogP contribution in [0.4, 0.5) is 4.39 Å². The molecule has 0 spiro atoms. The summed E-state index contributed by atoms with van der Waals surface area (Å²) >= 11 is 3.16. The van der Waals surface area contributed by atoms with Crippen LogP contribution in [0.3, 0.4) is 0 Å². The summed E-state index contributed by atoms with van der Waals surface area (Å²) < 4.78 is 13.7. The molecule has 0 saturated carbocycles. The first-order chi connectivity index (χ1) is 5.11. The van der Waals surface area contributed by atoms with Crippen LogP contribution in [0.1, 0.15) is 18.5 Å². The Morgan fingerprint density at radius 2 is 2.08 bits per heavy atom. The summed E-state index contributed by atoms with van der Waals surface area (Å²) in [6.45, 7) is 1.76. The highest BCUT2D eigenvalue weighted by molar-refractivity contribution is 9.10. The predicted molar refractivity (Wildman–Crippen MR) is 54.0 cm³/mol. The predicted octanol–water partition coefficient (Wildman–Crippen LogP) is 3.03. The van der Waals surface area contributed by atoms with Crippen molar-refractivity contribution in [3.63, 3.8) is 0 Å². The van der Waals surface area contributed by atoms with E-state index in [0.717, 1.165) is 4.47 Å². The zero-order chi connectivity index (χ0) is 8.43. The van der Waals surface area contributed by atoms with E-state index in [4.69, 9.17) is 5.73 Å². The van der Waals surface area contributed by atoms with Crippen molar-refractivity contribution < 1.29 is 4.39 Å². The van der Waals surface area contributed by atoms with Gasteiger partial charge >= 0.3 is 0 Å². The van der Waals surface area contributed by atoms with Gasteiger partial charge < -0.3 is 5.73 Å². The molecule has 1 atom stereocenters. The lowest BCUT2D eigenvalue weighted by Crippen LogP contribution is -2.06. The molecule has 0 unspecified atom stereocenters. The van der Waals surface area contributed by atoms with Gasteiger partial charge in [0, 0.05) is 16.1 Å². The van der Waals surface area contributed by atoms with E-state index in [0.29, 0.717) is 5.56 Å². The van der Waals surface area contributed by atoms with E-state index >= 15 is 0 Å². The molecule has 1 rings (SSSR count). The molecule has 0 heterocycles. The zero-order valence-corrected chi connectivity index (χ0v) is 8.95. The molecule has 0 radical (unpaired) electrons. The molecule has 1 aromatic carbocycles. The van der Waals surface area contributed by atoms with Gasteiger partial charge in [0.05, 0.1) is 0 Å².